The van der Waals surface area contributed by atoms with Gasteiger partial charge >= 0.3 is 11.7 Å². The van der Waals surface area contributed by atoms with Crippen LogP contribution in [0.25, 0.3) is 0 Å². The Kier molecular flexibility index (Phi) is 4.50. The Hall–Kier alpha value is -3.16. The molecule has 0 saturated carbocycles. The van der Waals surface area contributed by atoms with Crippen molar-refractivity contribution in [3.63, 3.8) is 0 Å². The molecule has 1 aliphatic heterocycles. The molecule has 0 fully saturated rings. The molecule has 2 atom stereocenters. The van der Waals surface area contributed by atoms with E-state index < -0.39 is 35.0 Å². The lowest BCUT2D eigenvalue weighted by atomic mass is 9.78. The van der Waals surface area contributed by atoms with Crippen LogP contribution in [0.1, 0.15) is 24.0 Å². The van der Waals surface area contributed by atoms with E-state index in [1.165, 1.54) is 18.7 Å². The summed E-state index contributed by atoms with van der Waals surface area (Å²) in [4.78, 5) is 50.2. The Morgan fingerprint density at radius 3 is 2.38 bits per heavy atom. The molecule has 2 aromatic rings. The number of anilines is 1. The Morgan fingerprint density at radius 2 is 1.77 bits per heavy atom. The molecule has 26 heavy (non-hydrogen) atoms. The highest BCUT2D eigenvalue weighted by molar-refractivity contribution is 6.08. The summed E-state index contributed by atoms with van der Waals surface area (Å²) in [5.41, 5.74) is -0.294. The van der Waals surface area contributed by atoms with Crippen LogP contribution >= 0.6 is 0 Å². The van der Waals surface area contributed by atoms with Crippen molar-refractivity contribution in [3.05, 3.63) is 62.3 Å². The summed E-state index contributed by atoms with van der Waals surface area (Å²) in [6.45, 7) is 1.76. The molecule has 1 aliphatic rings. The van der Waals surface area contributed by atoms with Crippen molar-refractivity contribution in [2.75, 3.05) is 11.9 Å². The maximum absolute atomic E-state index is 12.8. The van der Waals surface area contributed by atoms with Gasteiger partial charge in [-0.2, -0.15) is 0 Å². The number of fused-ring (bicyclic) bond motifs is 1. The summed E-state index contributed by atoms with van der Waals surface area (Å²) in [6, 6.07) is 8.80. The number of hydrogen-bond donors (Lipinski definition) is 1. The van der Waals surface area contributed by atoms with Crippen molar-refractivity contribution in [1.82, 2.24) is 9.13 Å². The average Bonchev–Trinajstić information content (AvgIpc) is 2.64. The van der Waals surface area contributed by atoms with Gasteiger partial charge in [-0.15, -0.1) is 0 Å². The minimum absolute atomic E-state index is 0.109. The summed E-state index contributed by atoms with van der Waals surface area (Å²) in [5, 5.41) is 2.54. The molecule has 8 heteroatoms. The Labute approximate surface area is 149 Å². The van der Waals surface area contributed by atoms with E-state index in [1.807, 2.05) is 0 Å². The van der Waals surface area contributed by atoms with Crippen LogP contribution in [0.5, 0.6) is 0 Å². The van der Waals surface area contributed by atoms with Gasteiger partial charge in [0.2, 0.25) is 5.91 Å². The first-order chi connectivity index (χ1) is 12.4. The minimum Gasteiger partial charge on any atom is -0.465 e. The molecule has 1 aromatic heterocycles. The van der Waals surface area contributed by atoms with Crippen molar-refractivity contribution in [2.45, 2.75) is 12.8 Å². The Balaban J connectivity index is 2.34. The normalized spacial score (nSPS) is 18.8. The number of aromatic nitrogens is 2. The molecular weight excluding hydrogens is 338 g/mol. The smallest absolute Gasteiger partial charge is 0.332 e. The molecule has 0 aliphatic carbocycles. The van der Waals surface area contributed by atoms with Gasteiger partial charge in [-0.3, -0.25) is 23.5 Å². The van der Waals surface area contributed by atoms with Crippen LogP contribution in [0.4, 0.5) is 5.82 Å². The number of nitrogens with zero attached hydrogens (tertiary/aromatic N) is 2. The molecule has 0 radical (unpaired) electrons. The third-order valence-corrected chi connectivity index (χ3v) is 4.57. The van der Waals surface area contributed by atoms with Gasteiger partial charge in [0.25, 0.3) is 5.56 Å². The minimum atomic E-state index is -1.21. The fourth-order valence-electron chi connectivity index (χ4n) is 3.31. The zero-order valence-corrected chi connectivity index (χ0v) is 14.7. The summed E-state index contributed by atoms with van der Waals surface area (Å²) < 4.78 is 7.23. The van der Waals surface area contributed by atoms with Crippen LogP contribution in [0, 0.1) is 5.92 Å². The van der Waals surface area contributed by atoms with Crippen LogP contribution in [0.15, 0.2) is 39.9 Å². The molecule has 0 spiro atoms. The van der Waals surface area contributed by atoms with Gasteiger partial charge in [0, 0.05) is 20.0 Å². The van der Waals surface area contributed by atoms with E-state index in [0.717, 1.165) is 4.57 Å². The molecule has 1 amide bonds. The maximum Gasteiger partial charge on any atom is 0.332 e. The predicted octanol–water partition coefficient (Wildman–Crippen LogP) is 0.347. The van der Waals surface area contributed by atoms with Crippen molar-refractivity contribution < 1.29 is 14.3 Å². The Bertz CT molecular complexity index is 990. The molecule has 136 valence electrons. The Morgan fingerprint density at radius 1 is 1.12 bits per heavy atom. The summed E-state index contributed by atoms with van der Waals surface area (Å²) in [5.74, 6) is -3.26. The molecule has 3 rings (SSSR count). The van der Waals surface area contributed by atoms with Gasteiger partial charge in [-0.25, -0.2) is 4.79 Å². The van der Waals surface area contributed by atoms with E-state index in [2.05, 4.69) is 5.32 Å². The van der Waals surface area contributed by atoms with Crippen molar-refractivity contribution in [1.29, 1.82) is 0 Å². The van der Waals surface area contributed by atoms with Crippen LogP contribution < -0.4 is 16.6 Å². The van der Waals surface area contributed by atoms with Gasteiger partial charge < -0.3 is 10.1 Å². The molecule has 2 heterocycles. The SMILES string of the molecule is CCOC(=O)[C@@H]1C(=O)Nc2c(c(=O)n(C)c(=O)n2C)[C@H]1c1ccccc1. The third kappa shape index (κ3) is 2.63. The van der Waals surface area contributed by atoms with Crippen LogP contribution in [0.3, 0.4) is 0 Å². The lowest BCUT2D eigenvalue weighted by Gasteiger charge is -2.32. The van der Waals surface area contributed by atoms with Gasteiger partial charge in [0.15, 0.2) is 0 Å². The summed E-state index contributed by atoms with van der Waals surface area (Å²) >= 11 is 0. The van der Waals surface area contributed by atoms with E-state index in [1.54, 1.807) is 37.3 Å². The molecule has 8 nitrogen and oxygen atoms in total. The number of hydrogen-bond acceptors (Lipinski definition) is 5. The number of esters is 1. The number of carbonyl (C=O) groups is 2. The number of carbonyl (C=O) groups excluding carboxylic acids is 2. The summed E-state index contributed by atoms with van der Waals surface area (Å²) in [7, 11) is 2.83. The maximum atomic E-state index is 12.8. The largest absolute Gasteiger partial charge is 0.465 e. The molecule has 1 N–H and O–H groups in total. The number of benzene rings is 1. The highest BCUT2D eigenvalue weighted by Gasteiger charge is 2.45. The van der Waals surface area contributed by atoms with Crippen molar-refractivity contribution in [3.8, 4) is 0 Å². The predicted molar refractivity (Wildman–Crippen MR) is 94.0 cm³/mol. The van der Waals surface area contributed by atoms with Gasteiger partial charge in [0.05, 0.1) is 12.2 Å². The second kappa shape index (κ2) is 6.62. The van der Waals surface area contributed by atoms with Crippen molar-refractivity contribution in [2.24, 2.45) is 20.0 Å². The first-order valence-electron chi connectivity index (χ1n) is 8.20. The van der Waals surface area contributed by atoms with Crippen LogP contribution in [-0.2, 0) is 28.4 Å². The third-order valence-electron chi connectivity index (χ3n) is 4.57. The molecule has 1 aromatic carbocycles. The van der Waals surface area contributed by atoms with E-state index in [0.29, 0.717) is 5.56 Å². The summed E-state index contributed by atoms with van der Waals surface area (Å²) in [6.07, 6.45) is 0. The van der Waals surface area contributed by atoms with Crippen molar-refractivity contribution >= 4 is 17.7 Å². The van der Waals surface area contributed by atoms with Gasteiger partial charge in [-0.1, -0.05) is 30.3 Å². The topological polar surface area (TPSA) is 99.4 Å². The number of ether oxygens (including phenoxy) is 1. The first-order valence-corrected chi connectivity index (χ1v) is 8.20. The molecular formula is C18H19N3O5. The standard InChI is InChI=1S/C18H19N3O5/c1-4-26-17(24)13-11(10-8-6-5-7-9-10)12-14(19-15(13)22)20(2)18(25)21(3)16(12)23/h5-9,11,13H,4H2,1-3H3,(H,19,22)/t11-,13+/m1/s1. The molecule has 0 unspecified atom stereocenters. The van der Waals surface area contributed by atoms with Gasteiger partial charge in [0.1, 0.15) is 11.7 Å². The zero-order chi connectivity index (χ0) is 19.0. The van der Waals surface area contributed by atoms with E-state index in [4.69, 9.17) is 4.74 Å². The molecule has 0 bridgehead atoms. The van der Waals surface area contributed by atoms with Crippen LogP contribution in [-0.4, -0.2) is 27.6 Å². The second-order valence-electron chi connectivity index (χ2n) is 6.08. The number of nitrogens with one attached hydrogen (secondary N) is 1. The lowest BCUT2D eigenvalue weighted by molar-refractivity contribution is -0.151. The fraction of sp³-hybridized carbons (Fsp3) is 0.333. The second-order valence-corrected chi connectivity index (χ2v) is 6.08. The average molecular weight is 357 g/mol. The van der Waals surface area contributed by atoms with E-state index in [-0.39, 0.29) is 18.0 Å². The number of rotatable bonds is 3. The van der Waals surface area contributed by atoms with E-state index >= 15 is 0 Å². The monoisotopic (exact) mass is 357 g/mol. The first kappa shape index (κ1) is 17.7. The van der Waals surface area contributed by atoms with E-state index in [9.17, 15) is 19.2 Å². The lowest BCUT2D eigenvalue weighted by Crippen LogP contribution is -2.49. The highest BCUT2D eigenvalue weighted by atomic mass is 16.5. The quantitative estimate of drug-likeness (QED) is 0.631. The number of amides is 1. The van der Waals surface area contributed by atoms with Gasteiger partial charge in [-0.05, 0) is 12.5 Å². The highest BCUT2D eigenvalue weighted by Crippen LogP contribution is 2.38. The van der Waals surface area contributed by atoms with Crippen LogP contribution in [0.2, 0.25) is 0 Å². The zero-order valence-electron chi connectivity index (χ0n) is 14.7. The molecule has 0 saturated heterocycles. The fourth-order valence-corrected chi connectivity index (χ4v) is 3.31.